The fraction of sp³-hybridized carbons (Fsp3) is 0.562. The van der Waals surface area contributed by atoms with Gasteiger partial charge in [-0.25, -0.2) is 0 Å². The normalized spacial score (nSPS) is 11.6. The Morgan fingerprint density at radius 1 is 0.880 bits per heavy atom. The van der Waals surface area contributed by atoms with Crippen LogP contribution in [0.3, 0.4) is 0 Å². The lowest BCUT2D eigenvalue weighted by Crippen LogP contribution is -2.14. The first-order valence-electron chi connectivity index (χ1n) is 7.83. The van der Waals surface area contributed by atoms with Crippen molar-refractivity contribution in [3.63, 3.8) is 0 Å². The molecular formula is C16H24O8S. The van der Waals surface area contributed by atoms with E-state index in [-0.39, 0.29) is 31.1 Å². The maximum Gasteiger partial charge on any atom is 0.305 e. The van der Waals surface area contributed by atoms with Gasteiger partial charge in [0.2, 0.25) is 0 Å². The van der Waals surface area contributed by atoms with Crippen molar-refractivity contribution < 1.29 is 36.7 Å². The summed E-state index contributed by atoms with van der Waals surface area (Å²) in [5, 5.41) is 8.41. The second kappa shape index (κ2) is 11.9. The van der Waals surface area contributed by atoms with Crippen LogP contribution in [0.1, 0.15) is 12.0 Å². The molecule has 1 N–H and O–H groups in total. The van der Waals surface area contributed by atoms with Gasteiger partial charge in [-0.05, 0) is 19.1 Å². The third-order valence-corrected chi connectivity index (χ3v) is 4.31. The predicted octanol–water partition coefficient (Wildman–Crippen LogP) is 1.22. The van der Waals surface area contributed by atoms with Crippen molar-refractivity contribution in [2.24, 2.45) is 0 Å². The van der Waals surface area contributed by atoms with Crippen LogP contribution in [0.2, 0.25) is 0 Å². The highest BCUT2D eigenvalue weighted by Gasteiger charge is 2.14. The quantitative estimate of drug-likeness (QED) is 0.381. The van der Waals surface area contributed by atoms with E-state index in [1.807, 2.05) is 6.92 Å². The highest BCUT2D eigenvalue weighted by Crippen LogP contribution is 2.12. The van der Waals surface area contributed by atoms with Gasteiger partial charge in [0.05, 0.1) is 57.6 Å². The molecule has 0 amide bonds. The lowest BCUT2D eigenvalue weighted by molar-refractivity contribution is -0.138. The summed E-state index contributed by atoms with van der Waals surface area (Å²) < 4.78 is 44.1. The molecule has 0 saturated heterocycles. The number of benzene rings is 1. The van der Waals surface area contributed by atoms with E-state index in [0.717, 1.165) is 5.56 Å². The Balaban J connectivity index is 1.99. The number of hydrogen-bond acceptors (Lipinski definition) is 7. The second-order valence-electron chi connectivity index (χ2n) is 5.07. The number of carboxylic acid groups (broad SMARTS) is 1. The van der Waals surface area contributed by atoms with E-state index in [2.05, 4.69) is 0 Å². The maximum atomic E-state index is 11.9. The smallest absolute Gasteiger partial charge is 0.305 e. The lowest BCUT2D eigenvalue weighted by atomic mass is 10.2. The van der Waals surface area contributed by atoms with Crippen molar-refractivity contribution in [2.45, 2.75) is 18.2 Å². The highest BCUT2D eigenvalue weighted by atomic mass is 32.2. The molecule has 0 fully saturated rings. The van der Waals surface area contributed by atoms with Gasteiger partial charge >= 0.3 is 5.97 Å². The summed E-state index contributed by atoms with van der Waals surface area (Å²) in [5.41, 5.74) is 0.967. The van der Waals surface area contributed by atoms with E-state index < -0.39 is 16.1 Å². The highest BCUT2D eigenvalue weighted by molar-refractivity contribution is 7.86. The van der Waals surface area contributed by atoms with Crippen LogP contribution in [0.5, 0.6) is 0 Å². The van der Waals surface area contributed by atoms with E-state index >= 15 is 0 Å². The average molecular weight is 376 g/mol. The topological polar surface area (TPSA) is 108 Å². The minimum Gasteiger partial charge on any atom is -0.481 e. The maximum absolute atomic E-state index is 11.9. The van der Waals surface area contributed by atoms with Crippen molar-refractivity contribution >= 4 is 16.1 Å². The third-order valence-electron chi connectivity index (χ3n) is 2.98. The number of aliphatic carboxylic acids is 1. The van der Waals surface area contributed by atoms with E-state index in [1.54, 1.807) is 12.1 Å². The zero-order chi connectivity index (χ0) is 18.5. The summed E-state index contributed by atoms with van der Waals surface area (Å²) in [6.07, 6.45) is -0.0331. The molecule has 8 nitrogen and oxygen atoms in total. The Morgan fingerprint density at radius 2 is 1.36 bits per heavy atom. The Morgan fingerprint density at radius 3 is 1.88 bits per heavy atom. The van der Waals surface area contributed by atoms with Gasteiger partial charge in [-0.3, -0.25) is 8.98 Å². The van der Waals surface area contributed by atoms with Crippen molar-refractivity contribution in [1.82, 2.24) is 0 Å². The molecule has 1 rings (SSSR count). The fourth-order valence-corrected chi connectivity index (χ4v) is 2.57. The van der Waals surface area contributed by atoms with Gasteiger partial charge in [0, 0.05) is 0 Å². The first-order valence-corrected chi connectivity index (χ1v) is 9.24. The average Bonchev–Trinajstić information content (AvgIpc) is 2.56. The molecule has 25 heavy (non-hydrogen) atoms. The van der Waals surface area contributed by atoms with E-state index in [4.69, 9.17) is 23.5 Å². The van der Waals surface area contributed by atoms with Crippen molar-refractivity contribution in [3.8, 4) is 0 Å². The Hall–Kier alpha value is -1.52. The summed E-state index contributed by atoms with van der Waals surface area (Å²) in [6.45, 7) is 3.35. The summed E-state index contributed by atoms with van der Waals surface area (Å²) in [5.74, 6) is -0.902. The van der Waals surface area contributed by atoms with Crippen LogP contribution in [-0.4, -0.2) is 65.7 Å². The molecule has 0 aromatic heterocycles. The molecule has 0 bridgehead atoms. The van der Waals surface area contributed by atoms with Crippen molar-refractivity contribution in [3.05, 3.63) is 29.8 Å². The second-order valence-corrected chi connectivity index (χ2v) is 6.69. The molecule has 142 valence electrons. The lowest BCUT2D eigenvalue weighted by Gasteiger charge is -2.08. The summed E-state index contributed by atoms with van der Waals surface area (Å²) in [6, 6.07) is 6.40. The molecule has 0 saturated carbocycles. The molecule has 1 aromatic carbocycles. The first kappa shape index (κ1) is 21.5. The minimum atomic E-state index is -3.76. The SMILES string of the molecule is Cc1ccc(S(=O)(=O)OCCOCCOCCOCCC(=O)O)cc1. The first-order chi connectivity index (χ1) is 11.9. The Labute approximate surface area is 147 Å². The molecule has 0 aliphatic carbocycles. The standard InChI is InChI=1S/C16H24O8S/c1-14-2-4-15(5-3-14)25(19,20)24-13-12-23-11-10-22-9-8-21-7-6-16(17)18/h2-5H,6-13H2,1H3,(H,17,18). The third kappa shape index (κ3) is 10.1. The van der Waals surface area contributed by atoms with Crippen LogP contribution in [0, 0.1) is 6.92 Å². The number of carboxylic acids is 1. The van der Waals surface area contributed by atoms with Crippen LogP contribution >= 0.6 is 0 Å². The van der Waals surface area contributed by atoms with Crippen molar-refractivity contribution in [2.75, 3.05) is 46.2 Å². The van der Waals surface area contributed by atoms with Gasteiger partial charge in [-0.15, -0.1) is 0 Å². The fourth-order valence-electron chi connectivity index (χ4n) is 1.68. The summed E-state index contributed by atoms with van der Waals surface area (Å²) >= 11 is 0. The molecule has 0 radical (unpaired) electrons. The number of aryl methyl sites for hydroxylation is 1. The zero-order valence-corrected chi connectivity index (χ0v) is 15.0. The molecule has 0 aliphatic heterocycles. The number of rotatable bonds is 14. The number of hydrogen-bond donors (Lipinski definition) is 1. The molecule has 9 heteroatoms. The van der Waals surface area contributed by atoms with Crippen LogP contribution in [-0.2, 0) is 33.3 Å². The summed E-state index contributed by atoms with van der Waals surface area (Å²) in [7, 11) is -3.76. The molecule has 0 unspecified atom stereocenters. The largest absolute Gasteiger partial charge is 0.481 e. The van der Waals surface area contributed by atoms with Gasteiger partial charge < -0.3 is 19.3 Å². The van der Waals surface area contributed by atoms with Gasteiger partial charge in [-0.1, -0.05) is 17.7 Å². The molecular weight excluding hydrogens is 352 g/mol. The van der Waals surface area contributed by atoms with Crippen LogP contribution < -0.4 is 0 Å². The van der Waals surface area contributed by atoms with Gasteiger partial charge in [0.1, 0.15) is 0 Å². The molecule has 0 atom stereocenters. The Kier molecular flexibility index (Phi) is 10.3. The van der Waals surface area contributed by atoms with Crippen LogP contribution in [0.25, 0.3) is 0 Å². The predicted molar refractivity (Wildman–Crippen MR) is 89.0 cm³/mol. The monoisotopic (exact) mass is 376 g/mol. The van der Waals surface area contributed by atoms with Crippen molar-refractivity contribution in [1.29, 1.82) is 0 Å². The Bertz CT molecular complexity index is 597. The zero-order valence-electron chi connectivity index (χ0n) is 14.2. The van der Waals surface area contributed by atoms with E-state index in [1.165, 1.54) is 12.1 Å². The van der Waals surface area contributed by atoms with Crippen LogP contribution in [0.4, 0.5) is 0 Å². The molecule has 1 aromatic rings. The van der Waals surface area contributed by atoms with Gasteiger partial charge in [-0.2, -0.15) is 8.42 Å². The van der Waals surface area contributed by atoms with E-state index in [0.29, 0.717) is 26.4 Å². The molecule has 0 spiro atoms. The van der Waals surface area contributed by atoms with Gasteiger partial charge in [0.25, 0.3) is 10.1 Å². The molecule has 0 heterocycles. The molecule has 0 aliphatic rings. The minimum absolute atomic E-state index is 0.0331. The van der Waals surface area contributed by atoms with Crippen LogP contribution in [0.15, 0.2) is 29.2 Å². The summed E-state index contributed by atoms with van der Waals surface area (Å²) in [4.78, 5) is 10.4. The number of carbonyl (C=O) groups is 1. The van der Waals surface area contributed by atoms with Gasteiger partial charge in [0.15, 0.2) is 0 Å². The number of ether oxygens (including phenoxy) is 3. The van der Waals surface area contributed by atoms with E-state index in [9.17, 15) is 13.2 Å².